The van der Waals surface area contributed by atoms with E-state index in [0.717, 1.165) is 12.1 Å². The number of nitrogens with one attached hydrogen (secondary N) is 2. The average Bonchev–Trinajstić information content (AvgIpc) is 2.94. The summed E-state index contributed by atoms with van der Waals surface area (Å²) in [4.78, 5) is 13.1. The van der Waals surface area contributed by atoms with Gasteiger partial charge in [-0.3, -0.25) is 4.79 Å². The van der Waals surface area contributed by atoms with E-state index in [2.05, 4.69) is 10.6 Å². The van der Waals surface area contributed by atoms with Crippen LogP contribution in [0.1, 0.15) is 56.9 Å². The van der Waals surface area contributed by atoms with Crippen LogP contribution in [0.4, 0.5) is 0 Å². The van der Waals surface area contributed by atoms with Crippen LogP contribution in [-0.4, -0.2) is 38.3 Å². The van der Waals surface area contributed by atoms with Crippen LogP contribution in [0.25, 0.3) is 0 Å². The maximum absolute atomic E-state index is 13.1. The normalized spacial score (nSPS) is 20.3. The molecule has 2 N–H and O–H groups in total. The van der Waals surface area contributed by atoms with E-state index < -0.39 is 5.41 Å². The lowest BCUT2D eigenvalue weighted by molar-refractivity contribution is -0.130. The van der Waals surface area contributed by atoms with Crippen molar-refractivity contribution in [2.24, 2.45) is 0 Å². The van der Waals surface area contributed by atoms with Crippen molar-refractivity contribution in [2.45, 2.75) is 62.8 Å². The molecule has 1 heterocycles. The maximum Gasteiger partial charge on any atom is 0.230 e. The summed E-state index contributed by atoms with van der Waals surface area (Å²) in [6, 6.07) is 8.33. The second-order valence-corrected chi connectivity index (χ2v) is 8.04. The van der Waals surface area contributed by atoms with Gasteiger partial charge in [0.1, 0.15) is 0 Å². The SMILES string of the molecule is Cl.O=C(NCCNC1CCCCCC1)C1(c2cccc(Cl)c2)CCOCC1. The van der Waals surface area contributed by atoms with Gasteiger partial charge in [0.05, 0.1) is 5.41 Å². The third kappa shape index (κ3) is 6.08. The molecule has 3 rings (SSSR count). The second kappa shape index (κ2) is 11.3. The van der Waals surface area contributed by atoms with Crippen LogP contribution in [0, 0.1) is 0 Å². The average molecular weight is 415 g/mol. The predicted molar refractivity (Wildman–Crippen MR) is 113 cm³/mol. The number of carbonyl (C=O) groups is 1. The molecule has 0 aromatic heterocycles. The minimum Gasteiger partial charge on any atom is -0.381 e. The summed E-state index contributed by atoms with van der Waals surface area (Å²) in [5.41, 5.74) is 0.480. The highest BCUT2D eigenvalue weighted by Crippen LogP contribution is 2.36. The Kier molecular flexibility index (Phi) is 9.37. The van der Waals surface area contributed by atoms with Crippen LogP contribution < -0.4 is 10.6 Å². The van der Waals surface area contributed by atoms with Gasteiger partial charge in [0.25, 0.3) is 0 Å². The van der Waals surface area contributed by atoms with Crippen molar-refractivity contribution in [1.82, 2.24) is 10.6 Å². The summed E-state index contributed by atoms with van der Waals surface area (Å²) in [6.45, 7) is 2.72. The third-order valence-electron chi connectivity index (χ3n) is 5.86. The molecule has 6 heteroatoms. The number of halogens is 2. The van der Waals surface area contributed by atoms with Gasteiger partial charge in [-0.05, 0) is 43.4 Å². The van der Waals surface area contributed by atoms with Gasteiger partial charge < -0.3 is 15.4 Å². The van der Waals surface area contributed by atoms with Crippen LogP contribution >= 0.6 is 24.0 Å². The molecule has 0 radical (unpaired) electrons. The van der Waals surface area contributed by atoms with Crippen molar-refractivity contribution >= 4 is 29.9 Å². The molecule has 152 valence electrons. The Balaban J connectivity index is 0.00000261. The van der Waals surface area contributed by atoms with Crippen molar-refractivity contribution < 1.29 is 9.53 Å². The van der Waals surface area contributed by atoms with Crippen molar-refractivity contribution in [2.75, 3.05) is 26.3 Å². The zero-order valence-corrected chi connectivity index (χ0v) is 17.5. The fraction of sp³-hybridized carbons (Fsp3) is 0.667. The molecule has 1 aliphatic heterocycles. The molecule has 0 bridgehead atoms. The molecule has 0 unspecified atom stereocenters. The Morgan fingerprint density at radius 3 is 2.48 bits per heavy atom. The first-order chi connectivity index (χ1) is 12.7. The number of rotatable bonds is 6. The first kappa shape index (κ1) is 22.5. The van der Waals surface area contributed by atoms with E-state index in [1.54, 1.807) is 0 Å². The van der Waals surface area contributed by atoms with E-state index in [0.29, 0.717) is 43.7 Å². The van der Waals surface area contributed by atoms with Gasteiger partial charge >= 0.3 is 0 Å². The summed E-state index contributed by atoms with van der Waals surface area (Å²) in [5.74, 6) is 0.103. The van der Waals surface area contributed by atoms with Gasteiger partial charge in [-0.1, -0.05) is 49.4 Å². The van der Waals surface area contributed by atoms with Crippen LogP contribution in [0.15, 0.2) is 24.3 Å². The molecule has 2 aliphatic rings. The quantitative estimate of drug-likeness (QED) is 0.540. The Labute approximate surface area is 174 Å². The zero-order chi connectivity index (χ0) is 18.2. The lowest BCUT2D eigenvalue weighted by Crippen LogP contribution is -2.49. The van der Waals surface area contributed by atoms with Gasteiger partial charge in [0.2, 0.25) is 5.91 Å². The molecule has 4 nitrogen and oxygen atoms in total. The fourth-order valence-electron chi connectivity index (χ4n) is 4.26. The third-order valence-corrected chi connectivity index (χ3v) is 6.09. The predicted octanol–water partition coefficient (Wildman–Crippen LogP) is 4.24. The molecule has 1 saturated heterocycles. The molecule has 0 atom stereocenters. The van der Waals surface area contributed by atoms with Crippen LogP contribution in [0.5, 0.6) is 0 Å². The van der Waals surface area contributed by atoms with Crippen LogP contribution in [0.2, 0.25) is 5.02 Å². The number of hydrogen-bond donors (Lipinski definition) is 2. The molecular formula is C21H32Cl2N2O2. The number of hydrogen-bond acceptors (Lipinski definition) is 3. The van der Waals surface area contributed by atoms with Crippen LogP contribution in [0.3, 0.4) is 0 Å². The fourth-order valence-corrected chi connectivity index (χ4v) is 4.45. The molecule has 1 aliphatic carbocycles. The van der Waals surface area contributed by atoms with E-state index >= 15 is 0 Å². The van der Waals surface area contributed by atoms with Crippen molar-refractivity contribution in [1.29, 1.82) is 0 Å². The smallest absolute Gasteiger partial charge is 0.230 e. The maximum atomic E-state index is 13.1. The summed E-state index contributed by atoms with van der Waals surface area (Å²) in [5, 5.41) is 7.46. The lowest BCUT2D eigenvalue weighted by Gasteiger charge is -2.36. The summed E-state index contributed by atoms with van der Waals surface area (Å²) >= 11 is 6.18. The summed E-state index contributed by atoms with van der Waals surface area (Å²) < 4.78 is 5.52. The van der Waals surface area contributed by atoms with E-state index in [1.807, 2.05) is 24.3 Å². The van der Waals surface area contributed by atoms with Crippen LogP contribution in [-0.2, 0) is 14.9 Å². The topological polar surface area (TPSA) is 50.4 Å². The largest absolute Gasteiger partial charge is 0.381 e. The molecule has 1 aromatic rings. The van der Waals surface area contributed by atoms with Gasteiger partial charge in [0.15, 0.2) is 0 Å². The minimum absolute atomic E-state index is 0. The number of benzene rings is 1. The van der Waals surface area contributed by atoms with Gasteiger partial charge in [-0.25, -0.2) is 0 Å². The highest BCUT2D eigenvalue weighted by Gasteiger charge is 2.41. The van der Waals surface area contributed by atoms with E-state index in [4.69, 9.17) is 16.3 Å². The Hall–Kier alpha value is -0.810. The molecule has 27 heavy (non-hydrogen) atoms. The molecule has 1 saturated carbocycles. The van der Waals surface area contributed by atoms with E-state index in [-0.39, 0.29) is 18.3 Å². The van der Waals surface area contributed by atoms with E-state index in [9.17, 15) is 4.79 Å². The molecule has 2 fully saturated rings. The molecule has 1 amide bonds. The monoisotopic (exact) mass is 414 g/mol. The van der Waals surface area contributed by atoms with E-state index in [1.165, 1.54) is 38.5 Å². The highest BCUT2D eigenvalue weighted by atomic mass is 35.5. The lowest BCUT2D eigenvalue weighted by atomic mass is 9.73. The zero-order valence-electron chi connectivity index (χ0n) is 16.0. The summed E-state index contributed by atoms with van der Waals surface area (Å²) in [6.07, 6.45) is 9.29. The van der Waals surface area contributed by atoms with Gasteiger partial charge in [-0.2, -0.15) is 0 Å². The first-order valence-corrected chi connectivity index (χ1v) is 10.4. The number of carbonyl (C=O) groups excluding carboxylic acids is 1. The Morgan fingerprint density at radius 1 is 1.11 bits per heavy atom. The van der Waals surface area contributed by atoms with Crippen molar-refractivity contribution in [3.8, 4) is 0 Å². The Morgan fingerprint density at radius 2 is 1.81 bits per heavy atom. The Bertz CT molecular complexity index is 583. The molecule has 0 spiro atoms. The summed E-state index contributed by atoms with van der Waals surface area (Å²) in [7, 11) is 0. The number of amides is 1. The standard InChI is InChI=1S/C21H31ClN2O2.ClH/c22-18-7-5-6-17(16-18)21(10-14-26-15-11-21)20(25)24-13-12-23-19-8-3-1-2-4-9-19;/h5-7,16,19,23H,1-4,8-15H2,(H,24,25);1H. The highest BCUT2D eigenvalue weighted by molar-refractivity contribution is 6.30. The second-order valence-electron chi connectivity index (χ2n) is 7.60. The molecular weight excluding hydrogens is 383 g/mol. The number of ether oxygens (including phenoxy) is 1. The van der Waals surface area contributed by atoms with Gasteiger partial charge in [0, 0.05) is 37.4 Å². The first-order valence-electron chi connectivity index (χ1n) is 10.1. The van der Waals surface area contributed by atoms with Crippen molar-refractivity contribution in [3.63, 3.8) is 0 Å². The van der Waals surface area contributed by atoms with Gasteiger partial charge in [-0.15, -0.1) is 12.4 Å². The van der Waals surface area contributed by atoms with Crippen molar-refractivity contribution in [3.05, 3.63) is 34.9 Å². The minimum atomic E-state index is -0.522. The molecule has 1 aromatic carbocycles.